The van der Waals surface area contributed by atoms with Crippen LogP contribution in [-0.4, -0.2) is 4.57 Å². The Morgan fingerprint density at radius 2 is 0.702 bits per heavy atom. The smallest absolute Gasteiger partial charge is 0.200 e. The van der Waals surface area contributed by atoms with Gasteiger partial charge in [0, 0.05) is 45.9 Å². The third-order valence-electron chi connectivity index (χ3n) is 10.5. The lowest BCUT2D eigenvalue weighted by Gasteiger charge is -2.26. The first-order valence-corrected chi connectivity index (χ1v) is 18.1. The quantitative estimate of drug-likeness (QED) is 0.0892. The lowest BCUT2D eigenvalue weighted by molar-refractivity contribution is 0.381. The minimum Gasteiger partial charge on any atom is -0.344 e. The highest BCUT2D eigenvalue weighted by Gasteiger charge is 2.27. The van der Waals surface area contributed by atoms with Gasteiger partial charge in [-0.15, -0.1) is 0 Å². The second-order valence-corrected chi connectivity index (χ2v) is 13.8. The summed E-state index contributed by atoms with van der Waals surface area (Å²) in [5.41, 5.74) is 9.06. The number of aryl methyl sites for hydroxylation is 1. The summed E-state index contributed by atoms with van der Waals surface area (Å²) in [6.45, 7) is 0. The van der Waals surface area contributed by atoms with Gasteiger partial charge in [0.05, 0.1) is 5.56 Å². The van der Waals surface area contributed by atoms with E-state index in [2.05, 4.69) is 60.1 Å². The predicted octanol–water partition coefficient (Wildman–Crippen LogP) is 14.3. The maximum atomic E-state index is 14.8. The second-order valence-electron chi connectivity index (χ2n) is 13.8. The van der Waals surface area contributed by atoms with Crippen LogP contribution in [0.15, 0.2) is 164 Å². The molecule has 0 bridgehead atoms. The minimum absolute atomic E-state index is 0.173. The average Bonchev–Trinajstić information content (AvgIpc) is 3.54. The molecule has 1 aromatic heterocycles. The fourth-order valence-electron chi connectivity index (χ4n) is 7.54. The van der Waals surface area contributed by atoms with Gasteiger partial charge in [0.1, 0.15) is 5.82 Å². The molecule has 0 aliphatic heterocycles. The molecule has 0 aliphatic rings. The van der Waals surface area contributed by atoms with E-state index in [1.165, 1.54) is 24.3 Å². The van der Waals surface area contributed by atoms with Crippen molar-refractivity contribution in [3.63, 3.8) is 0 Å². The number of hydrogen-bond acceptors (Lipinski definition) is 1. The maximum Gasteiger partial charge on any atom is 0.200 e. The number of fused-ring (bicyclic) bond motifs is 3. The van der Waals surface area contributed by atoms with E-state index < -0.39 is 34.6 Å². The SMILES string of the molecule is Cn1c2ccc(-c3ccccc3)cc2c2cc(-c3ccc(N(c4ccc(-c5ccc(F)cc5)cc4)c4ccc(-c5c(F)c(F)c(F)c(F)c5F)cc4)cc3)ccc21. The van der Waals surface area contributed by atoms with Crippen LogP contribution in [0.1, 0.15) is 0 Å². The van der Waals surface area contributed by atoms with Crippen LogP contribution in [0.5, 0.6) is 0 Å². The Hall–Kier alpha value is -7.06. The van der Waals surface area contributed by atoms with Gasteiger partial charge in [0.25, 0.3) is 0 Å². The first kappa shape index (κ1) is 35.6. The van der Waals surface area contributed by atoms with Crippen molar-refractivity contribution >= 4 is 38.9 Å². The molecule has 278 valence electrons. The monoisotopic (exact) mass is 760 g/mol. The molecule has 0 amide bonds. The summed E-state index contributed by atoms with van der Waals surface area (Å²) in [4.78, 5) is 1.92. The lowest BCUT2D eigenvalue weighted by atomic mass is 10.00. The fraction of sp³-hybridized carbons (Fsp3) is 0.0204. The van der Waals surface area contributed by atoms with E-state index in [1.807, 2.05) is 71.6 Å². The third-order valence-corrected chi connectivity index (χ3v) is 10.5. The molecule has 0 saturated carbocycles. The first-order chi connectivity index (χ1) is 27.7. The molecule has 9 aromatic rings. The molecule has 8 aromatic carbocycles. The summed E-state index contributed by atoms with van der Waals surface area (Å²) >= 11 is 0. The molecule has 0 spiro atoms. The Morgan fingerprint density at radius 1 is 0.351 bits per heavy atom. The summed E-state index contributed by atoms with van der Waals surface area (Å²) < 4.78 is 87.3. The molecular weight excluding hydrogens is 731 g/mol. The number of anilines is 3. The summed E-state index contributed by atoms with van der Waals surface area (Å²) in [7, 11) is 2.07. The van der Waals surface area contributed by atoms with Crippen LogP contribution < -0.4 is 4.90 Å². The van der Waals surface area contributed by atoms with Gasteiger partial charge in [-0.25, -0.2) is 26.3 Å². The molecule has 0 radical (unpaired) electrons. The minimum atomic E-state index is -2.21. The first-order valence-electron chi connectivity index (χ1n) is 18.1. The van der Waals surface area contributed by atoms with Crippen molar-refractivity contribution in [1.82, 2.24) is 4.57 Å². The zero-order valence-corrected chi connectivity index (χ0v) is 30.3. The summed E-state index contributed by atoms with van der Waals surface area (Å²) in [5, 5.41) is 2.28. The van der Waals surface area contributed by atoms with Crippen molar-refractivity contribution in [3.8, 4) is 44.5 Å². The number of rotatable bonds is 7. The molecule has 0 fully saturated rings. The summed E-state index contributed by atoms with van der Waals surface area (Å²) in [5.74, 6) is -10.4. The van der Waals surface area contributed by atoms with Gasteiger partial charge < -0.3 is 9.47 Å². The highest BCUT2D eigenvalue weighted by Crippen LogP contribution is 2.40. The Labute approximate surface area is 324 Å². The second kappa shape index (κ2) is 14.2. The van der Waals surface area contributed by atoms with E-state index in [-0.39, 0.29) is 11.4 Å². The number of aromatic nitrogens is 1. The maximum absolute atomic E-state index is 14.8. The zero-order chi connectivity index (χ0) is 39.4. The summed E-state index contributed by atoms with van der Waals surface area (Å²) in [6.07, 6.45) is 0. The Bertz CT molecular complexity index is 2910. The Kier molecular flexibility index (Phi) is 8.89. The van der Waals surface area contributed by atoms with Crippen molar-refractivity contribution in [2.75, 3.05) is 4.90 Å². The van der Waals surface area contributed by atoms with Crippen molar-refractivity contribution in [3.05, 3.63) is 199 Å². The highest BCUT2D eigenvalue weighted by atomic mass is 19.2. The largest absolute Gasteiger partial charge is 0.344 e. The fourth-order valence-corrected chi connectivity index (χ4v) is 7.54. The molecule has 0 saturated heterocycles. The molecule has 2 nitrogen and oxygen atoms in total. The summed E-state index contributed by atoms with van der Waals surface area (Å²) in [6, 6.07) is 50.7. The predicted molar refractivity (Wildman–Crippen MR) is 217 cm³/mol. The van der Waals surface area contributed by atoms with Gasteiger partial charge in [-0.3, -0.25) is 0 Å². The van der Waals surface area contributed by atoms with Crippen molar-refractivity contribution in [2.24, 2.45) is 7.05 Å². The Morgan fingerprint density at radius 3 is 1.16 bits per heavy atom. The molecule has 9 rings (SSSR count). The van der Waals surface area contributed by atoms with Gasteiger partial charge in [0.15, 0.2) is 23.3 Å². The van der Waals surface area contributed by atoms with Crippen molar-refractivity contribution < 1.29 is 26.3 Å². The molecule has 57 heavy (non-hydrogen) atoms. The number of nitrogens with zero attached hydrogens (tertiary/aromatic N) is 2. The molecule has 8 heteroatoms. The highest BCUT2D eigenvalue weighted by molar-refractivity contribution is 6.10. The lowest BCUT2D eigenvalue weighted by Crippen LogP contribution is -2.10. The van der Waals surface area contributed by atoms with E-state index in [1.54, 1.807) is 24.3 Å². The van der Waals surface area contributed by atoms with Gasteiger partial charge in [0.2, 0.25) is 5.82 Å². The molecular formula is C49H30F6N2. The van der Waals surface area contributed by atoms with Crippen molar-refractivity contribution in [1.29, 1.82) is 0 Å². The number of benzene rings is 8. The van der Waals surface area contributed by atoms with E-state index in [9.17, 15) is 26.3 Å². The average molecular weight is 761 g/mol. The van der Waals surface area contributed by atoms with Crippen LogP contribution in [0.2, 0.25) is 0 Å². The third kappa shape index (κ3) is 6.29. The standard InChI is InChI=1S/C49H30F6N2/c1-56-42-25-15-34(29-5-3-2-4-6-29)27-40(42)41-28-35(16-26-43(41)56)32-11-21-38(22-12-32)57(37-19-9-31(10-20-37)30-7-17-36(50)18-8-30)39-23-13-33(14-24-39)44-45(51)47(53)49(55)48(54)46(44)52/h2-28H,1H3. The van der Waals surface area contributed by atoms with E-state index >= 15 is 0 Å². The van der Waals surface area contributed by atoms with Crippen molar-refractivity contribution in [2.45, 2.75) is 0 Å². The number of hydrogen-bond donors (Lipinski definition) is 0. The normalized spacial score (nSPS) is 11.4. The van der Waals surface area contributed by atoms with Crippen LogP contribution in [0, 0.1) is 34.9 Å². The van der Waals surface area contributed by atoms with E-state index in [4.69, 9.17) is 0 Å². The Balaban J connectivity index is 1.10. The molecule has 0 aliphatic carbocycles. The zero-order valence-electron chi connectivity index (χ0n) is 30.3. The van der Waals surface area contributed by atoms with Gasteiger partial charge in [-0.2, -0.15) is 0 Å². The topological polar surface area (TPSA) is 8.17 Å². The number of halogens is 6. The van der Waals surface area contributed by atoms with Crippen LogP contribution in [-0.2, 0) is 7.05 Å². The van der Waals surface area contributed by atoms with Crippen LogP contribution >= 0.6 is 0 Å². The molecule has 0 atom stereocenters. The van der Waals surface area contributed by atoms with E-state index in [0.717, 1.165) is 66.6 Å². The van der Waals surface area contributed by atoms with Gasteiger partial charge in [-0.05, 0) is 112 Å². The van der Waals surface area contributed by atoms with Gasteiger partial charge >= 0.3 is 0 Å². The van der Waals surface area contributed by atoms with Crippen LogP contribution in [0.3, 0.4) is 0 Å². The van der Waals surface area contributed by atoms with Crippen LogP contribution in [0.25, 0.3) is 66.3 Å². The molecule has 0 unspecified atom stereocenters. The molecule has 1 heterocycles. The van der Waals surface area contributed by atoms with Crippen LogP contribution in [0.4, 0.5) is 43.4 Å². The molecule has 0 N–H and O–H groups in total. The van der Waals surface area contributed by atoms with Gasteiger partial charge in [-0.1, -0.05) is 91.0 Å². The van der Waals surface area contributed by atoms with E-state index in [0.29, 0.717) is 5.69 Å².